The molecule has 0 fully saturated rings. The van der Waals surface area contributed by atoms with Crippen LogP contribution < -0.4 is 10.5 Å². The first kappa shape index (κ1) is 16.3. The van der Waals surface area contributed by atoms with E-state index in [0.29, 0.717) is 24.4 Å². The second-order valence-electron chi connectivity index (χ2n) is 5.82. The Kier molecular flexibility index (Phi) is 3.95. The molecule has 4 nitrogen and oxygen atoms in total. The van der Waals surface area contributed by atoms with Crippen molar-refractivity contribution >= 4 is 11.6 Å². The van der Waals surface area contributed by atoms with Crippen molar-refractivity contribution in [2.24, 2.45) is 0 Å². The third-order valence-electron chi connectivity index (χ3n) is 4.20. The van der Waals surface area contributed by atoms with Gasteiger partial charge in [-0.2, -0.15) is 13.2 Å². The Morgan fingerprint density at radius 3 is 2.71 bits per heavy atom. The number of pyridine rings is 1. The zero-order valence-corrected chi connectivity index (χ0v) is 12.9. The van der Waals surface area contributed by atoms with E-state index in [9.17, 15) is 22.8 Å². The summed E-state index contributed by atoms with van der Waals surface area (Å²) in [5, 5.41) is 0. The summed E-state index contributed by atoms with van der Waals surface area (Å²) in [4.78, 5) is 28.2. The van der Waals surface area contributed by atoms with Crippen LogP contribution in [0.25, 0.3) is 0 Å². The quantitative estimate of drug-likeness (QED) is 0.868. The number of hydrogen-bond donors (Lipinski definition) is 1. The number of aromatic nitrogens is 1. The number of para-hydroxylation sites is 1. The van der Waals surface area contributed by atoms with Crippen LogP contribution in [-0.2, 0) is 12.6 Å². The van der Waals surface area contributed by atoms with E-state index in [0.717, 1.165) is 12.0 Å². The lowest BCUT2D eigenvalue weighted by Gasteiger charge is -2.35. The Bertz CT molecular complexity index is 842. The Morgan fingerprint density at radius 2 is 2.00 bits per heavy atom. The van der Waals surface area contributed by atoms with Gasteiger partial charge in [-0.3, -0.25) is 9.59 Å². The molecule has 0 spiro atoms. The highest BCUT2D eigenvalue weighted by Crippen LogP contribution is 2.32. The number of anilines is 1. The number of alkyl halides is 3. The molecule has 2 aromatic rings. The Morgan fingerprint density at radius 1 is 1.29 bits per heavy atom. The van der Waals surface area contributed by atoms with Crippen molar-refractivity contribution in [1.29, 1.82) is 0 Å². The molecule has 0 bridgehead atoms. The first-order valence-electron chi connectivity index (χ1n) is 7.50. The van der Waals surface area contributed by atoms with E-state index >= 15 is 0 Å². The van der Waals surface area contributed by atoms with Gasteiger partial charge in [-0.1, -0.05) is 18.2 Å². The number of carbonyl (C=O) groups is 1. The van der Waals surface area contributed by atoms with Gasteiger partial charge < -0.3 is 9.88 Å². The molecule has 1 atom stereocenters. The maximum absolute atomic E-state index is 12.9. The van der Waals surface area contributed by atoms with Crippen LogP contribution in [0.4, 0.5) is 18.9 Å². The molecule has 1 aromatic carbocycles. The number of nitrogens with zero attached hydrogens (tertiary/aromatic N) is 1. The summed E-state index contributed by atoms with van der Waals surface area (Å²) in [5.74, 6) is -0.720. The zero-order chi connectivity index (χ0) is 17.5. The summed E-state index contributed by atoms with van der Waals surface area (Å²) >= 11 is 0. The number of fused-ring (bicyclic) bond motifs is 1. The van der Waals surface area contributed by atoms with Gasteiger partial charge in [0.1, 0.15) is 5.56 Å². The summed E-state index contributed by atoms with van der Waals surface area (Å²) in [5.41, 5.74) is -0.814. The zero-order valence-electron chi connectivity index (χ0n) is 12.9. The van der Waals surface area contributed by atoms with Gasteiger partial charge in [-0.15, -0.1) is 0 Å². The lowest BCUT2D eigenvalue weighted by molar-refractivity contribution is -0.137. The average molecular weight is 336 g/mol. The number of H-pyrrole nitrogens is 1. The second-order valence-corrected chi connectivity index (χ2v) is 5.82. The average Bonchev–Trinajstić information content (AvgIpc) is 2.53. The van der Waals surface area contributed by atoms with E-state index < -0.39 is 28.8 Å². The van der Waals surface area contributed by atoms with Gasteiger partial charge >= 0.3 is 6.18 Å². The minimum Gasteiger partial charge on any atom is -0.328 e. The van der Waals surface area contributed by atoms with Crippen molar-refractivity contribution in [2.75, 3.05) is 4.90 Å². The third kappa shape index (κ3) is 2.81. The summed E-state index contributed by atoms with van der Waals surface area (Å²) in [6.45, 7) is 1.82. The number of carbonyl (C=O) groups excluding carboxylic acids is 1. The summed E-state index contributed by atoms with van der Waals surface area (Å²) in [6, 6.07) is 7.62. The van der Waals surface area contributed by atoms with E-state index in [1.54, 1.807) is 12.1 Å². The largest absolute Gasteiger partial charge is 0.417 e. The van der Waals surface area contributed by atoms with Crippen molar-refractivity contribution in [3.63, 3.8) is 0 Å². The maximum atomic E-state index is 12.9. The molecule has 1 amide bonds. The van der Waals surface area contributed by atoms with Crippen molar-refractivity contribution in [2.45, 2.75) is 32.0 Å². The normalized spacial score (nSPS) is 17.5. The number of nitrogens with one attached hydrogen (secondary N) is 1. The summed E-state index contributed by atoms with van der Waals surface area (Å²) < 4.78 is 38.6. The second kappa shape index (κ2) is 5.81. The topological polar surface area (TPSA) is 53.2 Å². The lowest BCUT2D eigenvalue weighted by atomic mass is 9.96. The van der Waals surface area contributed by atoms with Gasteiger partial charge in [-0.25, -0.2) is 0 Å². The van der Waals surface area contributed by atoms with Gasteiger partial charge in [0.15, 0.2) is 0 Å². The predicted molar refractivity (Wildman–Crippen MR) is 83.1 cm³/mol. The molecule has 1 aliphatic rings. The van der Waals surface area contributed by atoms with Crippen molar-refractivity contribution in [3.05, 3.63) is 63.6 Å². The first-order chi connectivity index (χ1) is 11.3. The summed E-state index contributed by atoms with van der Waals surface area (Å²) in [6.07, 6.45) is -2.60. The predicted octanol–water partition coefficient (Wildman–Crippen LogP) is 3.38. The number of hydrogen-bond acceptors (Lipinski definition) is 2. The molecule has 1 aliphatic heterocycles. The number of benzene rings is 1. The van der Waals surface area contributed by atoms with Crippen LogP contribution in [0.1, 0.15) is 34.8 Å². The highest BCUT2D eigenvalue weighted by Gasteiger charge is 2.34. The van der Waals surface area contributed by atoms with Crippen LogP contribution in [0.15, 0.2) is 41.3 Å². The SMILES string of the molecule is CC1CCc2ccccc2N1C(=O)c1cc(C(F)(F)F)c[nH]c1=O. The first-order valence-corrected chi connectivity index (χ1v) is 7.50. The highest BCUT2D eigenvalue weighted by atomic mass is 19.4. The third-order valence-corrected chi connectivity index (χ3v) is 4.20. The number of rotatable bonds is 1. The van der Waals surface area contributed by atoms with Gasteiger partial charge in [0.05, 0.1) is 5.56 Å². The maximum Gasteiger partial charge on any atom is 0.417 e. The van der Waals surface area contributed by atoms with Crippen LogP contribution in [0, 0.1) is 0 Å². The van der Waals surface area contributed by atoms with E-state index in [-0.39, 0.29) is 6.04 Å². The lowest BCUT2D eigenvalue weighted by Crippen LogP contribution is -2.44. The number of aryl methyl sites for hydroxylation is 1. The Hall–Kier alpha value is -2.57. The van der Waals surface area contributed by atoms with Crippen LogP contribution in [0.5, 0.6) is 0 Å². The van der Waals surface area contributed by atoms with Crippen molar-refractivity contribution < 1.29 is 18.0 Å². The Labute approximate surface area is 135 Å². The minimum atomic E-state index is -4.63. The smallest absolute Gasteiger partial charge is 0.328 e. The van der Waals surface area contributed by atoms with Crippen LogP contribution in [0.3, 0.4) is 0 Å². The van der Waals surface area contributed by atoms with Gasteiger partial charge in [0.2, 0.25) is 0 Å². The van der Waals surface area contributed by atoms with Crippen molar-refractivity contribution in [3.8, 4) is 0 Å². The minimum absolute atomic E-state index is 0.207. The molecule has 126 valence electrons. The molecule has 1 N–H and O–H groups in total. The van der Waals surface area contributed by atoms with E-state index in [1.807, 2.05) is 24.0 Å². The molecule has 24 heavy (non-hydrogen) atoms. The molecular formula is C17H15F3N2O2. The molecule has 2 heterocycles. The fourth-order valence-electron chi connectivity index (χ4n) is 2.93. The van der Waals surface area contributed by atoms with Crippen LogP contribution in [-0.4, -0.2) is 16.9 Å². The van der Waals surface area contributed by atoms with E-state index in [4.69, 9.17) is 0 Å². The number of amides is 1. The molecule has 7 heteroatoms. The van der Waals surface area contributed by atoms with Gasteiger partial charge in [0, 0.05) is 17.9 Å². The molecule has 0 aliphatic carbocycles. The molecule has 1 aromatic heterocycles. The Balaban J connectivity index is 2.08. The molecule has 0 saturated carbocycles. The van der Waals surface area contributed by atoms with Gasteiger partial charge in [-0.05, 0) is 37.5 Å². The fraction of sp³-hybridized carbons (Fsp3) is 0.294. The number of halogens is 3. The molecule has 0 radical (unpaired) electrons. The van der Waals surface area contributed by atoms with Crippen molar-refractivity contribution in [1.82, 2.24) is 4.98 Å². The molecule has 0 saturated heterocycles. The molecular weight excluding hydrogens is 321 g/mol. The van der Waals surface area contributed by atoms with Crippen LogP contribution in [0.2, 0.25) is 0 Å². The highest BCUT2D eigenvalue weighted by molar-refractivity contribution is 6.07. The molecule has 1 unspecified atom stereocenters. The summed E-state index contributed by atoms with van der Waals surface area (Å²) in [7, 11) is 0. The fourth-order valence-corrected chi connectivity index (χ4v) is 2.93. The monoisotopic (exact) mass is 336 g/mol. The van der Waals surface area contributed by atoms with Crippen LogP contribution >= 0.6 is 0 Å². The molecule has 3 rings (SSSR count). The van der Waals surface area contributed by atoms with Gasteiger partial charge in [0.25, 0.3) is 11.5 Å². The van der Waals surface area contributed by atoms with E-state index in [1.165, 1.54) is 4.90 Å². The van der Waals surface area contributed by atoms with E-state index in [2.05, 4.69) is 0 Å². The number of aromatic amines is 1. The standard InChI is InChI=1S/C17H15F3N2O2/c1-10-6-7-11-4-2-3-5-14(11)22(10)16(24)13-8-12(17(18,19)20)9-21-15(13)23/h2-5,8-10H,6-7H2,1H3,(H,21,23).